The molecule has 1 aliphatic rings. The summed E-state index contributed by atoms with van der Waals surface area (Å²) < 4.78 is 5.79. The lowest BCUT2D eigenvalue weighted by atomic mass is 9.84. The molecule has 1 aliphatic heterocycles. The van der Waals surface area contributed by atoms with Crippen molar-refractivity contribution in [3.63, 3.8) is 0 Å². The number of hydrogen-bond acceptors (Lipinski definition) is 4. The Morgan fingerprint density at radius 2 is 2.44 bits per heavy atom. The molecule has 4 heteroatoms. The molecule has 2 unspecified atom stereocenters. The Labute approximate surface area is 114 Å². The fraction of sp³-hybridized carbons (Fsp3) is 0.714. The van der Waals surface area contributed by atoms with E-state index < -0.39 is 0 Å². The van der Waals surface area contributed by atoms with Crippen LogP contribution in [0.25, 0.3) is 0 Å². The lowest BCUT2D eigenvalue weighted by Crippen LogP contribution is -2.56. The molecule has 0 spiro atoms. The van der Waals surface area contributed by atoms with Gasteiger partial charge in [0.2, 0.25) is 0 Å². The topological polar surface area (TPSA) is 38.5 Å². The van der Waals surface area contributed by atoms with Crippen LogP contribution < -0.4 is 5.73 Å². The Kier molecular flexibility index (Phi) is 4.78. The van der Waals surface area contributed by atoms with Gasteiger partial charge in [-0.1, -0.05) is 13.0 Å². The van der Waals surface area contributed by atoms with Crippen molar-refractivity contribution < 1.29 is 4.74 Å². The van der Waals surface area contributed by atoms with Crippen LogP contribution in [0.4, 0.5) is 0 Å². The predicted molar refractivity (Wildman–Crippen MR) is 76.8 cm³/mol. The van der Waals surface area contributed by atoms with E-state index in [1.165, 1.54) is 4.88 Å². The van der Waals surface area contributed by atoms with E-state index in [1.54, 1.807) is 0 Å². The third kappa shape index (κ3) is 2.94. The van der Waals surface area contributed by atoms with Crippen molar-refractivity contribution >= 4 is 11.3 Å². The Hall–Kier alpha value is -0.420. The van der Waals surface area contributed by atoms with E-state index in [0.717, 1.165) is 32.4 Å². The molecule has 0 aliphatic carbocycles. The second-order valence-corrected chi connectivity index (χ2v) is 6.25. The molecule has 1 aromatic heterocycles. The van der Waals surface area contributed by atoms with E-state index in [1.807, 2.05) is 11.3 Å². The minimum atomic E-state index is 0.114. The zero-order valence-electron chi connectivity index (χ0n) is 11.4. The summed E-state index contributed by atoms with van der Waals surface area (Å²) in [5.74, 6) is 0. The largest absolute Gasteiger partial charge is 0.378 e. The summed E-state index contributed by atoms with van der Waals surface area (Å²) in [6, 6.07) is 4.31. The van der Waals surface area contributed by atoms with Crippen molar-refractivity contribution in [1.29, 1.82) is 0 Å². The Morgan fingerprint density at radius 1 is 1.61 bits per heavy atom. The molecule has 2 N–H and O–H groups in total. The molecule has 0 radical (unpaired) electrons. The Morgan fingerprint density at radius 3 is 3.06 bits per heavy atom. The quantitative estimate of drug-likeness (QED) is 0.891. The molecule has 1 saturated heterocycles. The van der Waals surface area contributed by atoms with Gasteiger partial charge in [0.1, 0.15) is 0 Å². The summed E-state index contributed by atoms with van der Waals surface area (Å²) in [5, 5.41) is 2.14. The summed E-state index contributed by atoms with van der Waals surface area (Å²) in [4.78, 5) is 3.84. The normalized spacial score (nSPS) is 28.8. The van der Waals surface area contributed by atoms with Crippen LogP contribution in [0.15, 0.2) is 17.5 Å². The van der Waals surface area contributed by atoms with Gasteiger partial charge < -0.3 is 10.5 Å². The van der Waals surface area contributed by atoms with E-state index in [0.29, 0.717) is 12.6 Å². The van der Waals surface area contributed by atoms with E-state index in [-0.39, 0.29) is 5.54 Å². The Bertz CT molecular complexity index is 355. The van der Waals surface area contributed by atoms with Gasteiger partial charge >= 0.3 is 0 Å². The Balaban J connectivity index is 2.05. The van der Waals surface area contributed by atoms with Crippen LogP contribution in [0, 0.1) is 0 Å². The molecule has 0 amide bonds. The maximum absolute atomic E-state index is 6.09. The van der Waals surface area contributed by atoms with Crippen LogP contribution in [0.5, 0.6) is 0 Å². The molecule has 1 fully saturated rings. The molecule has 3 nitrogen and oxygen atoms in total. The first-order valence-electron chi connectivity index (χ1n) is 6.75. The number of nitrogens with zero attached hydrogens (tertiary/aromatic N) is 1. The van der Waals surface area contributed by atoms with E-state index in [9.17, 15) is 0 Å². The number of likely N-dealkylation sites (N-methyl/N-ethyl adjacent to an activating group) is 1. The van der Waals surface area contributed by atoms with Gasteiger partial charge in [-0.15, -0.1) is 11.3 Å². The second-order valence-electron chi connectivity index (χ2n) is 5.22. The lowest BCUT2D eigenvalue weighted by molar-refractivity contribution is -0.0669. The van der Waals surface area contributed by atoms with Crippen molar-refractivity contribution in [3.8, 4) is 0 Å². The second kappa shape index (κ2) is 6.15. The van der Waals surface area contributed by atoms with Crippen molar-refractivity contribution in [3.05, 3.63) is 22.4 Å². The fourth-order valence-electron chi connectivity index (χ4n) is 2.75. The molecule has 0 bridgehead atoms. The van der Waals surface area contributed by atoms with Gasteiger partial charge in [0.05, 0.1) is 6.10 Å². The third-order valence-electron chi connectivity index (χ3n) is 4.15. The summed E-state index contributed by atoms with van der Waals surface area (Å²) in [6.07, 6.45) is 3.55. The SMILES string of the molecule is CCC1CC(CN)(N(C)Cc2cccs2)CCO1. The predicted octanol–water partition coefficient (Wildman–Crippen LogP) is 2.47. The van der Waals surface area contributed by atoms with Gasteiger partial charge in [0.25, 0.3) is 0 Å². The fourth-order valence-corrected chi connectivity index (χ4v) is 3.51. The summed E-state index contributed by atoms with van der Waals surface area (Å²) in [6.45, 7) is 4.74. The molecule has 1 aromatic rings. The first-order chi connectivity index (χ1) is 8.70. The average molecular weight is 268 g/mol. The molecular weight excluding hydrogens is 244 g/mol. The first-order valence-corrected chi connectivity index (χ1v) is 7.63. The molecular formula is C14H24N2OS. The van der Waals surface area contributed by atoms with Gasteiger partial charge in [-0.2, -0.15) is 0 Å². The highest BCUT2D eigenvalue weighted by Crippen LogP contribution is 2.32. The molecule has 2 atom stereocenters. The molecule has 18 heavy (non-hydrogen) atoms. The minimum Gasteiger partial charge on any atom is -0.378 e. The number of nitrogens with two attached hydrogens (primary N) is 1. The summed E-state index contributed by atoms with van der Waals surface area (Å²) in [7, 11) is 2.20. The first kappa shape index (κ1) is 14.0. The molecule has 0 aromatic carbocycles. The van der Waals surface area contributed by atoms with Crippen LogP contribution in [0.1, 0.15) is 31.1 Å². The summed E-state index contributed by atoms with van der Waals surface area (Å²) >= 11 is 1.82. The van der Waals surface area contributed by atoms with Crippen LogP contribution in [-0.2, 0) is 11.3 Å². The minimum absolute atomic E-state index is 0.114. The summed E-state index contributed by atoms with van der Waals surface area (Å²) in [5.41, 5.74) is 6.21. The zero-order valence-corrected chi connectivity index (χ0v) is 12.2. The van der Waals surface area contributed by atoms with Crippen molar-refractivity contribution in [1.82, 2.24) is 4.90 Å². The number of thiophene rings is 1. The monoisotopic (exact) mass is 268 g/mol. The van der Waals surface area contributed by atoms with Gasteiger partial charge in [0.15, 0.2) is 0 Å². The number of ether oxygens (including phenoxy) is 1. The van der Waals surface area contributed by atoms with Gasteiger partial charge in [-0.25, -0.2) is 0 Å². The van der Waals surface area contributed by atoms with E-state index in [4.69, 9.17) is 10.5 Å². The number of hydrogen-bond donors (Lipinski definition) is 1. The smallest absolute Gasteiger partial charge is 0.0590 e. The maximum Gasteiger partial charge on any atom is 0.0590 e. The third-order valence-corrected chi connectivity index (χ3v) is 5.01. The van der Waals surface area contributed by atoms with Gasteiger partial charge in [-0.05, 0) is 37.8 Å². The molecule has 2 heterocycles. The molecule has 2 rings (SSSR count). The van der Waals surface area contributed by atoms with E-state index in [2.05, 4.69) is 36.4 Å². The standard InChI is InChI=1S/C14H24N2OS/c1-3-12-9-14(11-15,6-7-17-12)16(2)10-13-5-4-8-18-13/h4-5,8,12H,3,6-7,9-11,15H2,1-2H3. The number of rotatable bonds is 5. The van der Waals surface area contributed by atoms with Crippen molar-refractivity contribution in [2.24, 2.45) is 5.73 Å². The zero-order chi connectivity index (χ0) is 13.0. The van der Waals surface area contributed by atoms with Crippen molar-refractivity contribution in [2.75, 3.05) is 20.2 Å². The highest BCUT2D eigenvalue weighted by atomic mass is 32.1. The van der Waals surface area contributed by atoms with Crippen LogP contribution in [0.2, 0.25) is 0 Å². The van der Waals surface area contributed by atoms with Crippen LogP contribution >= 0.6 is 11.3 Å². The molecule has 102 valence electrons. The molecule has 0 saturated carbocycles. The van der Waals surface area contributed by atoms with Crippen LogP contribution in [-0.4, -0.2) is 36.7 Å². The maximum atomic E-state index is 6.09. The van der Waals surface area contributed by atoms with Gasteiger partial charge in [-0.3, -0.25) is 4.90 Å². The van der Waals surface area contributed by atoms with E-state index >= 15 is 0 Å². The highest BCUT2D eigenvalue weighted by Gasteiger charge is 2.38. The van der Waals surface area contributed by atoms with Crippen LogP contribution in [0.3, 0.4) is 0 Å². The average Bonchev–Trinajstić information content (AvgIpc) is 2.91. The lowest BCUT2D eigenvalue weighted by Gasteiger charge is -2.46. The van der Waals surface area contributed by atoms with Gasteiger partial charge in [0, 0.05) is 30.1 Å². The highest BCUT2D eigenvalue weighted by molar-refractivity contribution is 7.09. The van der Waals surface area contributed by atoms with Crippen molar-refractivity contribution in [2.45, 2.75) is 44.4 Å².